The minimum absolute atomic E-state index is 0.133. The highest BCUT2D eigenvalue weighted by atomic mass is 35.5. The third kappa shape index (κ3) is 4.14. The van der Waals surface area contributed by atoms with Crippen molar-refractivity contribution in [2.45, 2.75) is 39.2 Å². The smallest absolute Gasteiger partial charge is 0.287 e. The summed E-state index contributed by atoms with van der Waals surface area (Å²) in [4.78, 5) is 15.2. The van der Waals surface area contributed by atoms with Gasteiger partial charge >= 0.3 is 0 Å². The zero-order chi connectivity index (χ0) is 21.4. The molecule has 3 aromatic rings. The van der Waals surface area contributed by atoms with Gasteiger partial charge in [-0.05, 0) is 62.5 Å². The number of carbonyl (C=O) groups excluding carboxylic acids is 1. The van der Waals surface area contributed by atoms with Crippen LogP contribution in [0.15, 0.2) is 34.9 Å². The van der Waals surface area contributed by atoms with E-state index < -0.39 is 0 Å². The first-order chi connectivity index (χ1) is 15.1. The van der Waals surface area contributed by atoms with Crippen molar-refractivity contribution >= 4 is 17.5 Å². The number of hydrogen-bond acceptors (Lipinski definition) is 4. The second-order valence-corrected chi connectivity index (χ2v) is 8.93. The lowest BCUT2D eigenvalue weighted by atomic mass is 9.93. The maximum Gasteiger partial charge on any atom is 0.287 e. The van der Waals surface area contributed by atoms with Gasteiger partial charge in [0.1, 0.15) is 5.76 Å². The molecule has 0 spiro atoms. The Labute approximate surface area is 187 Å². The first-order valence-corrected chi connectivity index (χ1v) is 11.4. The van der Waals surface area contributed by atoms with Crippen LogP contribution in [0.25, 0.3) is 11.3 Å². The van der Waals surface area contributed by atoms with Crippen molar-refractivity contribution in [2.75, 3.05) is 26.2 Å². The van der Waals surface area contributed by atoms with Crippen LogP contribution in [-0.2, 0) is 19.4 Å². The molecular formula is C24H27ClN4O2. The number of hydrogen-bond donors (Lipinski definition) is 1. The van der Waals surface area contributed by atoms with Crippen LogP contribution in [0.3, 0.4) is 0 Å². The van der Waals surface area contributed by atoms with Gasteiger partial charge in [-0.25, -0.2) is 0 Å². The largest absolute Gasteiger partial charge is 0.455 e. The highest BCUT2D eigenvalue weighted by molar-refractivity contribution is 6.30. The van der Waals surface area contributed by atoms with Crippen LogP contribution >= 0.6 is 11.6 Å². The Hall–Kier alpha value is -2.57. The molecule has 7 heteroatoms. The molecule has 1 aliphatic carbocycles. The molecule has 0 atom stereocenters. The van der Waals surface area contributed by atoms with Gasteiger partial charge in [-0.2, -0.15) is 5.10 Å². The van der Waals surface area contributed by atoms with E-state index in [4.69, 9.17) is 21.1 Å². The monoisotopic (exact) mass is 438 g/mol. The molecule has 0 radical (unpaired) electrons. The minimum Gasteiger partial charge on any atom is -0.455 e. The van der Waals surface area contributed by atoms with Gasteiger partial charge in [0.05, 0.1) is 12.2 Å². The van der Waals surface area contributed by atoms with E-state index in [1.807, 2.05) is 35.9 Å². The zero-order valence-electron chi connectivity index (χ0n) is 17.8. The van der Waals surface area contributed by atoms with Gasteiger partial charge in [-0.15, -0.1) is 0 Å². The molecule has 1 amide bonds. The maximum atomic E-state index is 12.8. The summed E-state index contributed by atoms with van der Waals surface area (Å²) in [5.74, 6) is 1.15. The van der Waals surface area contributed by atoms with Gasteiger partial charge in [0.2, 0.25) is 0 Å². The summed E-state index contributed by atoms with van der Waals surface area (Å²) >= 11 is 6.12. The number of likely N-dealkylation sites (tertiary alicyclic amines) is 1. The van der Waals surface area contributed by atoms with Crippen LogP contribution in [0, 0.1) is 6.92 Å². The number of amides is 1. The lowest BCUT2D eigenvalue weighted by molar-refractivity contribution is 0.0919. The summed E-state index contributed by atoms with van der Waals surface area (Å²) in [6.45, 7) is 6.41. The highest BCUT2D eigenvalue weighted by Crippen LogP contribution is 2.38. The van der Waals surface area contributed by atoms with Gasteiger partial charge in [0.15, 0.2) is 5.76 Å². The normalized spacial score (nSPS) is 15.7. The fraction of sp³-hybridized carbons (Fsp3) is 0.417. The number of nitrogens with one attached hydrogen (secondary N) is 1. The van der Waals surface area contributed by atoms with Crippen molar-refractivity contribution in [1.29, 1.82) is 0 Å². The molecule has 1 saturated heterocycles. The molecule has 0 saturated carbocycles. The highest BCUT2D eigenvalue weighted by Gasteiger charge is 2.29. The average molecular weight is 439 g/mol. The van der Waals surface area contributed by atoms with Crippen LogP contribution in [0.5, 0.6) is 0 Å². The van der Waals surface area contributed by atoms with Gasteiger partial charge in [-0.1, -0.05) is 23.7 Å². The predicted molar refractivity (Wildman–Crippen MR) is 121 cm³/mol. The van der Waals surface area contributed by atoms with E-state index >= 15 is 0 Å². The number of fused-ring (bicyclic) bond motifs is 3. The van der Waals surface area contributed by atoms with Crippen molar-refractivity contribution in [3.05, 3.63) is 63.7 Å². The maximum absolute atomic E-state index is 12.8. The SMILES string of the molecule is Cc1c(C(=O)NCCN2CCCC2)oc2c1-c1nn(Cc3cccc(Cl)c3)cc1CC2. The van der Waals surface area contributed by atoms with E-state index in [9.17, 15) is 4.79 Å². The summed E-state index contributed by atoms with van der Waals surface area (Å²) in [6, 6.07) is 7.83. The van der Waals surface area contributed by atoms with Crippen molar-refractivity contribution in [1.82, 2.24) is 20.0 Å². The number of halogens is 1. The van der Waals surface area contributed by atoms with Crippen molar-refractivity contribution in [2.24, 2.45) is 0 Å². The van der Waals surface area contributed by atoms with E-state index in [1.165, 1.54) is 18.4 Å². The third-order valence-electron chi connectivity index (χ3n) is 6.27. The quantitative estimate of drug-likeness (QED) is 0.630. The fourth-order valence-electron chi connectivity index (χ4n) is 4.70. The Kier molecular flexibility index (Phi) is 5.59. The Morgan fingerprint density at radius 2 is 2.10 bits per heavy atom. The Balaban J connectivity index is 1.33. The summed E-state index contributed by atoms with van der Waals surface area (Å²) in [5, 5.41) is 8.60. The van der Waals surface area contributed by atoms with Crippen LogP contribution in [-0.4, -0.2) is 46.8 Å². The number of aromatic nitrogens is 2. The summed E-state index contributed by atoms with van der Waals surface area (Å²) < 4.78 is 7.98. The molecule has 1 fully saturated rings. The molecule has 6 nitrogen and oxygen atoms in total. The molecule has 31 heavy (non-hydrogen) atoms. The first-order valence-electron chi connectivity index (χ1n) is 11.0. The van der Waals surface area contributed by atoms with Crippen LogP contribution in [0.1, 0.15) is 45.8 Å². The summed E-state index contributed by atoms with van der Waals surface area (Å²) in [5.41, 5.74) is 5.09. The van der Waals surface area contributed by atoms with Gasteiger partial charge in [0.25, 0.3) is 5.91 Å². The van der Waals surface area contributed by atoms with E-state index in [0.29, 0.717) is 18.8 Å². The average Bonchev–Trinajstić information content (AvgIpc) is 3.46. The molecule has 5 rings (SSSR count). The van der Waals surface area contributed by atoms with Crippen molar-refractivity contribution in [3.8, 4) is 11.3 Å². The zero-order valence-corrected chi connectivity index (χ0v) is 18.5. The molecular weight excluding hydrogens is 412 g/mol. The Morgan fingerprint density at radius 1 is 1.26 bits per heavy atom. The van der Waals surface area contributed by atoms with Gasteiger partial charge in [0, 0.05) is 41.9 Å². The number of furan rings is 1. The van der Waals surface area contributed by atoms with E-state index in [2.05, 4.69) is 16.4 Å². The summed E-state index contributed by atoms with van der Waals surface area (Å²) in [6.07, 6.45) is 6.25. The lowest BCUT2D eigenvalue weighted by Crippen LogP contribution is -2.33. The number of carbonyl (C=O) groups is 1. The van der Waals surface area contributed by atoms with Crippen LogP contribution in [0.4, 0.5) is 0 Å². The molecule has 1 N–H and O–H groups in total. The fourth-order valence-corrected chi connectivity index (χ4v) is 4.91. The van der Waals surface area contributed by atoms with Gasteiger partial charge < -0.3 is 14.6 Å². The molecule has 0 unspecified atom stereocenters. The molecule has 1 aliphatic heterocycles. The van der Waals surface area contributed by atoms with Crippen LogP contribution in [0.2, 0.25) is 5.02 Å². The van der Waals surface area contributed by atoms with Gasteiger partial charge in [-0.3, -0.25) is 9.48 Å². The number of nitrogens with zero attached hydrogens (tertiary/aromatic N) is 3. The Morgan fingerprint density at radius 3 is 2.90 bits per heavy atom. The molecule has 162 valence electrons. The topological polar surface area (TPSA) is 63.3 Å². The standard InChI is InChI=1S/C24H27ClN4O2/c1-16-21-20(31-23(16)24(30)26-9-12-28-10-2-3-11-28)8-7-18-15-29(27-22(18)21)14-17-5-4-6-19(25)13-17/h4-6,13,15H,2-3,7-12,14H2,1H3,(H,26,30). The molecule has 1 aromatic carbocycles. The van der Waals surface area contributed by atoms with Crippen LogP contribution < -0.4 is 5.32 Å². The first kappa shape index (κ1) is 20.3. The third-order valence-corrected chi connectivity index (χ3v) is 6.50. The summed E-state index contributed by atoms with van der Waals surface area (Å²) in [7, 11) is 0. The molecule has 2 aliphatic rings. The van der Waals surface area contributed by atoms with E-state index in [1.54, 1.807) is 0 Å². The number of aryl methyl sites for hydroxylation is 2. The van der Waals surface area contributed by atoms with E-state index in [0.717, 1.165) is 65.6 Å². The molecule has 3 heterocycles. The molecule has 0 bridgehead atoms. The number of benzene rings is 1. The second kappa shape index (κ2) is 8.52. The van der Waals surface area contributed by atoms with Crippen molar-refractivity contribution in [3.63, 3.8) is 0 Å². The minimum atomic E-state index is -0.133. The second-order valence-electron chi connectivity index (χ2n) is 8.49. The predicted octanol–water partition coefficient (Wildman–Crippen LogP) is 4.08. The van der Waals surface area contributed by atoms with Crippen molar-refractivity contribution < 1.29 is 9.21 Å². The lowest BCUT2D eigenvalue weighted by Gasteiger charge is -2.14. The van der Waals surface area contributed by atoms with E-state index in [-0.39, 0.29) is 5.91 Å². The number of rotatable bonds is 6. The molecule has 2 aromatic heterocycles. The Bertz CT molecular complexity index is 1110.